The van der Waals surface area contributed by atoms with E-state index in [1.807, 2.05) is 6.92 Å². The predicted molar refractivity (Wildman–Crippen MR) is 130 cm³/mol. The van der Waals surface area contributed by atoms with Gasteiger partial charge in [-0.2, -0.15) is 5.10 Å². The van der Waals surface area contributed by atoms with Gasteiger partial charge in [-0.1, -0.05) is 5.16 Å². The third kappa shape index (κ3) is 3.43. The van der Waals surface area contributed by atoms with E-state index in [1.54, 1.807) is 41.9 Å². The highest BCUT2D eigenvalue weighted by Gasteiger charge is 2.62. The number of anilines is 1. The van der Waals surface area contributed by atoms with Crippen molar-refractivity contribution in [1.29, 1.82) is 0 Å². The number of carbonyl (C=O) groups excluding carboxylic acids is 4. The summed E-state index contributed by atoms with van der Waals surface area (Å²) in [6, 6.07) is 2.56. The van der Waals surface area contributed by atoms with Gasteiger partial charge in [-0.15, -0.1) is 0 Å². The van der Waals surface area contributed by atoms with Crippen molar-refractivity contribution in [1.82, 2.24) is 20.3 Å². The van der Waals surface area contributed by atoms with Gasteiger partial charge in [0.25, 0.3) is 0 Å². The molecule has 0 bridgehead atoms. The summed E-state index contributed by atoms with van der Waals surface area (Å²) < 4.78 is 29.1. The van der Waals surface area contributed by atoms with Crippen molar-refractivity contribution in [3.63, 3.8) is 0 Å². The summed E-state index contributed by atoms with van der Waals surface area (Å²) in [5, 5.41) is 10.5. The van der Waals surface area contributed by atoms with Gasteiger partial charge in [0, 0.05) is 31.9 Å². The Balaban J connectivity index is 1.46. The van der Waals surface area contributed by atoms with Gasteiger partial charge < -0.3 is 14.2 Å². The maximum atomic E-state index is 16.1. The summed E-state index contributed by atoms with van der Waals surface area (Å²) >= 11 is 0. The van der Waals surface area contributed by atoms with Crippen molar-refractivity contribution < 1.29 is 32.8 Å². The highest BCUT2D eigenvalue weighted by molar-refractivity contribution is 6.22. The molecule has 2 amide bonds. The first-order valence-corrected chi connectivity index (χ1v) is 12.5. The van der Waals surface area contributed by atoms with E-state index in [-0.39, 0.29) is 53.6 Å². The number of carbonyl (C=O) groups is 4. The molecule has 0 aliphatic carbocycles. The number of amides is 2. The fourth-order valence-electron chi connectivity index (χ4n) is 6.35. The number of ketones is 2. The monoisotopic (exact) mass is 523 g/mol. The largest absolute Gasteiger partial charge is 0.372 e. The summed E-state index contributed by atoms with van der Waals surface area (Å²) in [5.41, 5.74) is -0.412. The lowest BCUT2D eigenvalue weighted by atomic mass is 9.63. The van der Waals surface area contributed by atoms with Crippen LogP contribution >= 0.6 is 0 Å². The molecule has 3 aromatic rings. The molecular formula is C26H26FN5O6. The fourth-order valence-corrected chi connectivity index (χ4v) is 6.35. The summed E-state index contributed by atoms with van der Waals surface area (Å²) in [4.78, 5) is 53.6. The number of halogens is 1. The average Bonchev–Trinajstić information content (AvgIpc) is 3.46. The highest BCUT2D eigenvalue weighted by atomic mass is 19.1. The number of piperidine rings is 1. The van der Waals surface area contributed by atoms with Crippen molar-refractivity contribution in [2.24, 2.45) is 12.5 Å². The molecule has 1 spiro atoms. The van der Waals surface area contributed by atoms with E-state index >= 15 is 4.39 Å². The van der Waals surface area contributed by atoms with Crippen LogP contribution in [-0.4, -0.2) is 63.1 Å². The topological polar surface area (TPSA) is 137 Å². The molecule has 2 fully saturated rings. The van der Waals surface area contributed by atoms with Crippen LogP contribution in [0.2, 0.25) is 0 Å². The summed E-state index contributed by atoms with van der Waals surface area (Å²) in [6.45, 7) is 3.77. The Hall–Kier alpha value is -3.93. The zero-order valence-corrected chi connectivity index (χ0v) is 21.1. The van der Waals surface area contributed by atoms with Crippen molar-refractivity contribution in [3.8, 4) is 0 Å². The minimum atomic E-state index is -1.65. The van der Waals surface area contributed by atoms with Gasteiger partial charge in [0.15, 0.2) is 23.1 Å². The molecule has 1 unspecified atom stereocenters. The van der Waals surface area contributed by atoms with Crippen molar-refractivity contribution in [2.75, 3.05) is 11.4 Å². The number of fused-ring (bicyclic) bond motifs is 5. The van der Waals surface area contributed by atoms with Crippen LogP contribution in [0.1, 0.15) is 48.4 Å². The highest BCUT2D eigenvalue weighted by Crippen LogP contribution is 2.50. The standard InChI is InChI=1S/C26H26FN5O6/c1-12-11-32-22-14(10-26(24(32)13(2)37-12)18(34)9-19(35)29-25(26)36)8-16-21(30-38-23(16)20(22)27)17(33)5-4-15-6-7-28-31(15)3/h6-8,12-13,24H,4-5,9-11H2,1-3H3,(H,29,35,36)/t12-,13+,24-,26?/m1/s1. The Bertz CT molecular complexity index is 1510. The van der Waals surface area contributed by atoms with Crippen molar-refractivity contribution in [2.45, 2.75) is 57.8 Å². The molecule has 4 atom stereocenters. The van der Waals surface area contributed by atoms with Crippen LogP contribution in [0.3, 0.4) is 0 Å². The fraction of sp³-hybridized carbons (Fsp3) is 0.462. The number of morpholine rings is 1. The SMILES string of the molecule is C[C@@H]1CN2c3c(cc4c(C(=O)CCc5ccnn5C)noc4c3F)CC3(C(=O)CC(=O)NC3=O)[C@H]2[C@H](C)O1. The van der Waals surface area contributed by atoms with Gasteiger partial charge >= 0.3 is 0 Å². The maximum Gasteiger partial charge on any atom is 0.242 e. The number of benzene rings is 1. The molecule has 6 rings (SSSR count). The van der Waals surface area contributed by atoms with E-state index in [2.05, 4.69) is 15.6 Å². The molecular weight excluding hydrogens is 497 g/mol. The number of rotatable bonds is 4. The number of Topliss-reactive ketones (excluding diaryl/α,β-unsaturated/α-hetero) is 2. The summed E-state index contributed by atoms with van der Waals surface area (Å²) in [7, 11) is 1.78. The minimum Gasteiger partial charge on any atom is -0.372 e. The van der Waals surface area contributed by atoms with Gasteiger partial charge in [-0.25, -0.2) is 4.39 Å². The van der Waals surface area contributed by atoms with Crippen LogP contribution in [0, 0.1) is 11.2 Å². The van der Waals surface area contributed by atoms with Gasteiger partial charge in [-0.05, 0) is 44.4 Å². The molecule has 2 aromatic heterocycles. The van der Waals surface area contributed by atoms with E-state index < -0.39 is 47.4 Å². The predicted octanol–water partition coefficient (Wildman–Crippen LogP) is 1.66. The molecule has 1 N–H and O–H groups in total. The Morgan fingerprint density at radius 1 is 1.29 bits per heavy atom. The number of nitrogens with zero attached hydrogens (tertiary/aromatic N) is 4. The number of hydrogen-bond acceptors (Lipinski definition) is 9. The lowest BCUT2D eigenvalue weighted by molar-refractivity contribution is -0.158. The number of ether oxygens (including phenoxy) is 1. The third-order valence-electron chi connectivity index (χ3n) is 7.97. The molecule has 3 aliphatic heterocycles. The Labute approximate surface area is 216 Å². The van der Waals surface area contributed by atoms with Crippen molar-refractivity contribution in [3.05, 3.63) is 41.1 Å². The van der Waals surface area contributed by atoms with E-state index in [9.17, 15) is 19.2 Å². The quantitative estimate of drug-likeness (QED) is 0.307. The second kappa shape index (κ2) is 8.55. The molecule has 3 aliphatic rings. The van der Waals surface area contributed by atoms with Crippen LogP contribution in [-0.2, 0) is 39.0 Å². The molecule has 12 heteroatoms. The van der Waals surface area contributed by atoms with Crippen LogP contribution < -0.4 is 10.2 Å². The summed E-state index contributed by atoms with van der Waals surface area (Å²) in [5.74, 6) is -2.96. The lowest BCUT2D eigenvalue weighted by Crippen LogP contribution is -2.72. The van der Waals surface area contributed by atoms with Gasteiger partial charge in [0.1, 0.15) is 5.41 Å². The molecule has 38 heavy (non-hydrogen) atoms. The van der Waals surface area contributed by atoms with Crippen LogP contribution in [0.5, 0.6) is 0 Å². The summed E-state index contributed by atoms with van der Waals surface area (Å²) in [6.07, 6.45) is 0.625. The zero-order valence-electron chi connectivity index (χ0n) is 21.1. The normalized spacial score (nSPS) is 27.0. The third-order valence-corrected chi connectivity index (χ3v) is 7.97. The van der Waals surface area contributed by atoms with E-state index in [0.717, 1.165) is 5.69 Å². The molecule has 1 aromatic carbocycles. The zero-order chi connectivity index (χ0) is 26.9. The molecule has 5 heterocycles. The van der Waals surface area contributed by atoms with Crippen LogP contribution in [0.25, 0.3) is 11.0 Å². The Morgan fingerprint density at radius 3 is 2.79 bits per heavy atom. The van der Waals surface area contributed by atoms with Gasteiger partial charge in [-0.3, -0.25) is 29.2 Å². The Morgan fingerprint density at radius 2 is 2.08 bits per heavy atom. The number of aromatic nitrogens is 3. The number of imide groups is 1. The smallest absolute Gasteiger partial charge is 0.242 e. The van der Waals surface area contributed by atoms with Gasteiger partial charge in [0.05, 0.1) is 35.7 Å². The molecule has 0 saturated carbocycles. The number of nitrogens with one attached hydrogen (secondary N) is 1. The first-order valence-electron chi connectivity index (χ1n) is 12.5. The first-order chi connectivity index (χ1) is 18.1. The maximum absolute atomic E-state index is 16.1. The van der Waals surface area contributed by atoms with Crippen molar-refractivity contribution >= 4 is 40.0 Å². The molecule has 11 nitrogen and oxygen atoms in total. The molecule has 2 saturated heterocycles. The van der Waals surface area contributed by atoms with Crippen LogP contribution in [0.4, 0.5) is 10.1 Å². The Kier molecular flexibility index (Phi) is 5.49. The minimum absolute atomic E-state index is 0.0154. The van der Waals surface area contributed by atoms with E-state index in [1.165, 1.54) is 0 Å². The number of hydrogen-bond donors (Lipinski definition) is 1. The van der Waals surface area contributed by atoms with Gasteiger partial charge in [0.2, 0.25) is 17.4 Å². The van der Waals surface area contributed by atoms with Crippen LogP contribution in [0.15, 0.2) is 22.9 Å². The second-order valence-corrected chi connectivity index (χ2v) is 10.3. The average molecular weight is 524 g/mol. The molecule has 0 radical (unpaired) electrons. The lowest BCUT2D eigenvalue weighted by Gasteiger charge is -2.55. The number of aryl methyl sites for hydroxylation is 2. The van der Waals surface area contributed by atoms with E-state index in [4.69, 9.17) is 9.26 Å². The first kappa shape index (κ1) is 24.4. The second-order valence-electron chi connectivity index (χ2n) is 10.3. The van der Waals surface area contributed by atoms with E-state index in [0.29, 0.717) is 12.0 Å². The molecule has 198 valence electrons.